The fourth-order valence-corrected chi connectivity index (χ4v) is 2.29. The summed E-state index contributed by atoms with van der Waals surface area (Å²) in [7, 11) is 0. The Morgan fingerprint density at radius 1 is 1.12 bits per heavy atom. The van der Waals surface area contributed by atoms with E-state index in [0.717, 1.165) is 17.7 Å². The van der Waals surface area contributed by atoms with Crippen molar-refractivity contribution in [3.05, 3.63) is 76.7 Å². The maximum absolute atomic E-state index is 13.3. The van der Waals surface area contributed by atoms with Gasteiger partial charge in [0.1, 0.15) is 18.1 Å². The van der Waals surface area contributed by atoms with E-state index in [9.17, 15) is 13.6 Å². The normalized spacial score (nSPS) is 10.6. The van der Waals surface area contributed by atoms with Crippen molar-refractivity contribution >= 4 is 11.6 Å². The van der Waals surface area contributed by atoms with Crippen LogP contribution in [-0.2, 0) is 6.61 Å². The number of benzene rings is 2. The minimum atomic E-state index is -1.05. The zero-order valence-electron chi connectivity index (χ0n) is 14.2. The van der Waals surface area contributed by atoms with Gasteiger partial charge < -0.3 is 14.6 Å². The van der Waals surface area contributed by atoms with Gasteiger partial charge in [-0.05, 0) is 38.1 Å². The van der Waals surface area contributed by atoms with E-state index in [4.69, 9.17) is 9.26 Å². The Hall–Kier alpha value is -3.22. The smallest absolute Gasteiger partial charge is 0.278 e. The van der Waals surface area contributed by atoms with Gasteiger partial charge in [-0.3, -0.25) is 4.79 Å². The molecule has 0 aliphatic heterocycles. The Balaban J connectivity index is 1.74. The molecule has 1 heterocycles. The Labute approximate surface area is 148 Å². The van der Waals surface area contributed by atoms with Gasteiger partial charge >= 0.3 is 0 Å². The Bertz CT molecular complexity index is 936. The second kappa shape index (κ2) is 7.35. The van der Waals surface area contributed by atoms with Crippen LogP contribution >= 0.6 is 0 Å². The van der Waals surface area contributed by atoms with Gasteiger partial charge in [-0.2, -0.15) is 0 Å². The minimum Gasteiger partial charge on any atom is -0.489 e. The van der Waals surface area contributed by atoms with Gasteiger partial charge in [-0.25, -0.2) is 8.78 Å². The predicted octanol–water partition coefficient (Wildman–Crippen LogP) is 4.40. The molecule has 0 unspecified atom stereocenters. The van der Waals surface area contributed by atoms with Crippen LogP contribution in [0.3, 0.4) is 0 Å². The fourth-order valence-electron chi connectivity index (χ4n) is 2.29. The number of aryl methyl sites for hydroxylation is 2. The molecule has 5 nitrogen and oxygen atoms in total. The lowest BCUT2D eigenvalue weighted by atomic mass is 10.2. The first-order valence-electron chi connectivity index (χ1n) is 7.85. The van der Waals surface area contributed by atoms with E-state index in [1.807, 2.05) is 31.2 Å². The number of aromatic nitrogens is 1. The Kier molecular flexibility index (Phi) is 4.97. The molecule has 134 valence electrons. The summed E-state index contributed by atoms with van der Waals surface area (Å²) in [4.78, 5) is 12.4. The number of anilines is 1. The van der Waals surface area contributed by atoms with Crippen molar-refractivity contribution in [2.75, 3.05) is 5.32 Å². The van der Waals surface area contributed by atoms with Gasteiger partial charge in [0.15, 0.2) is 17.3 Å². The molecule has 0 aliphatic rings. The highest BCUT2D eigenvalue weighted by Gasteiger charge is 2.21. The molecule has 2 aromatic carbocycles. The first-order chi connectivity index (χ1) is 12.4. The average Bonchev–Trinajstić information content (AvgIpc) is 2.98. The van der Waals surface area contributed by atoms with E-state index in [2.05, 4.69) is 10.5 Å². The lowest BCUT2D eigenvalue weighted by Gasteiger charge is -2.08. The van der Waals surface area contributed by atoms with Crippen LogP contribution in [0.1, 0.15) is 27.4 Å². The van der Waals surface area contributed by atoms with E-state index in [1.54, 1.807) is 6.92 Å². The SMILES string of the molecule is Cc1ccc(OCc2c(C(=O)Nc3ccc(F)c(F)c3)noc2C)cc1. The number of carbonyl (C=O) groups is 1. The largest absolute Gasteiger partial charge is 0.489 e. The quantitative estimate of drug-likeness (QED) is 0.734. The third-order valence-electron chi connectivity index (χ3n) is 3.78. The summed E-state index contributed by atoms with van der Waals surface area (Å²) in [5.74, 6) is -1.57. The molecule has 0 atom stereocenters. The van der Waals surface area contributed by atoms with E-state index in [1.165, 1.54) is 6.07 Å². The molecule has 0 bridgehead atoms. The maximum Gasteiger partial charge on any atom is 0.278 e. The number of amides is 1. The van der Waals surface area contributed by atoms with E-state index in [-0.39, 0.29) is 18.0 Å². The molecule has 7 heteroatoms. The third kappa shape index (κ3) is 3.88. The van der Waals surface area contributed by atoms with Crippen molar-refractivity contribution in [3.8, 4) is 5.75 Å². The summed E-state index contributed by atoms with van der Waals surface area (Å²) in [5, 5.41) is 6.21. The monoisotopic (exact) mass is 358 g/mol. The molecule has 0 saturated carbocycles. The summed E-state index contributed by atoms with van der Waals surface area (Å²) in [6.45, 7) is 3.71. The molecule has 1 N–H and O–H groups in total. The molecule has 0 fully saturated rings. The lowest BCUT2D eigenvalue weighted by molar-refractivity contribution is 0.101. The highest BCUT2D eigenvalue weighted by Crippen LogP contribution is 2.20. The topological polar surface area (TPSA) is 64.4 Å². The fraction of sp³-hybridized carbons (Fsp3) is 0.158. The number of hydrogen-bond donors (Lipinski definition) is 1. The van der Waals surface area contributed by atoms with Crippen LogP contribution in [0.4, 0.5) is 14.5 Å². The molecule has 3 rings (SSSR count). The minimum absolute atomic E-state index is 0.0272. The molecule has 1 amide bonds. The van der Waals surface area contributed by atoms with Crippen molar-refractivity contribution in [1.82, 2.24) is 5.16 Å². The molecular formula is C19H16F2N2O3. The van der Waals surface area contributed by atoms with Crippen molar-refractivity contribution in [2.45, 2.75) is 20.5 Å². The van der Waals surface area contributed by atoms with Crippen LogP contribution in [0.5, 0.6) is 5.75 Å². The van der Waals surface area contributed by atoms with E-state index in [0.29, 0.717) is 17.1 Å². The Morgan fingerprint density at radius 3 is 2.54 bits per heavy atom. The average molecular weight is 358 g/mol. The summed E-state index contributed by atoms with van der Waals surface area (Å²) in [6, 6.07) is 10.5. The highest BCUT2D eigenvalue weighted by atomic mass is 19.2. The molecule has 0 saturated heterocycles. The molecule has 26 heavy (non-hydrogen) atoms. The first-order valence-corrected chi connectivity index (χ1v) is 7.85. The summed E-state index contributed by atoms with van der Waals surface area (Å²) >= 11 is 0. The number of rotatable bonds is 5. The van der Waals surface area contributed by atoms with Crippen LogP contribution < -0.4 is 10.1 Å². The maximum atomic E-state index is 13.3. The third-order valence-corrected chi connectivity index (χ3v) is 3.78. The molecule has 0 radical (unpaired) electrons. The molecular weight excluding hydrogens is 342 g/mol. The van der Waals surface area contributed by atoms with Crippen LogP contribution in [-0.4, -0.2) is 11.1 Å². The number of ether oxygens (including phenoxy) is 1. The number of hydrogen-bond acceptors (Lipinski definition) is 4. The second-order valence-electron chi connectivity index (χ2n) is 5.75. The van der Waals surface area contributed by atoms with Crippen LogP contribution in [0.15, 0.2) is 47.0 Å². The second-order valence-corrected chi connectivity index (χ2v) is 5.75. The van der Waals surface area contributed by atoms with Crippen LogP contribution in [0, 0.1) is 25.5 Å². The lowest BCUT2D eigenvalue weighted by Crippen LogP contribution is -2.15. The van der Waals surface area contributed by atoms with Crippen molar-refractivity contribution in [3.63, 3.8) is 0 Å². The number of nitrogens with one attached hydrogen (secondary N) is 1. The van der Waals surface area contributed by atoms with Crippen molar-refractivity contribution in [1.29, 1.82) is 0 Å². The Morgan fingerprint density at radius 2 is 1.85 bits per heavy atom. The summed E-state index contributed by atoms with van der Waals surface area (Å²) in [5.41, 5.74) is 1.72. The molecule has 0 aliphatic carbocycles. The van der Waals surface area contributed by atoms with Gasteiger partial charge in [-0.15, -0.1) is 0 Å². The van der Waals surface area contributed by atoms with E-state index >= 15 is 0 Å². The van der Waals surface area contributed by atoms with Gasteiger partial charge in [0.2, 0.25) is 0 Å². The van der Waals surface area contributed by atoms with Crippen molar-refractivity contribution < 1.29 is 22.8 Å². The first kappa shape index (κ1) is 17.6. The van der Waals surface area contributed by atoms with Crippen molar-refractivity contribution in [2.24, 2.45) is 0 Å². The van der Waals surface area contributed by atoms with Gasteiger partial charge in [-0.1, -0.05) is 22.9 Å². The van der Waals surface area contributed by atoms with Gasteiger partial charge in [0.25, 0.3) is 5.91 Å². The zero-order valence-corrected chi connectivity index (χ0v) is 14.2. The predicted molar refractivity (Wildman–Crippen MR) is 91.1 cm³/mol. The molecule has 3 aromatic rings. The van der Waals surface area contributed by atoms with Crippen LogP contribution in [0.25, 0.3) is 0 Å². The number of halogens is 2. The molecule has 1 aromatic heterocycles. The van der Waals surface area contributed by atoms with Crippen LogP contribution in [0.2, 0.25) is 0 Å². The standard InChI is InChI=1S/C19H16F2N2O3/c1-11-3-6-14(7-4-11)25-10-15-12(2)26-23-18(15)19(24)22-13-5-8-16(20)17(21)9-13/h3-9H,10H2,1-2H3,(H,22,24). The van der Waals surface area contributed by atoms with Gasteiger partial charge in [0.05, 0.1) is 5.56 Å². The summed E-state index contributed by atoms with van der Waals surface area (Å²) < 4.78 is 37.0. The number of nitrogens with zero attached hydrogens (tertiary/aromatic N) is 1. The zero-order chi connectivity index (χ0) is 18.7. The summed E-state index contributed by atoms with van der Waals surface area (Å²) in [6.07, 6.45) is 0. The number of carbonyl (C=O) groups excluding carboxylic acids is 1. The van der Waals surface area contributed by atoms with E-state index < -0.39 is 17.5 Å². The molecule has 0 spiro atoms. The van der Waals surface area contributed by atoms with Gasteiger partial charge in [0, 0.05) is 11.8 Å². The highest BCUT2D eigenvalue weighted by molar-refractivity contribution is 6.03.